The second-order valence-electron chi connectivity index (χ2n) is 9.54. The van der Waals surface area contributed by atoms with Crippen molar-refractivity contribution in [2.24, 2.45) is 23.1 Å². The highest BCUT2D eigenvalue weighted by molar-refractivity contribution is 5.96. The number of H-pyrrole nitrogens is 1. The first-order chi connectivity index (χ1) is 18.3. The average molecular weight is 546 g/mol. The van der Waals surface area contributed by atoms with Crippen LogP contribution in [-0.2, 0) is 35.2 Å². The molecular formula is C25H35N7O7. The average Bonchev–Trinajstić information content (AvgIpc) is 3.26. The van der Waals surface area contributed by atoms with Gasteiger partial charge in [0.25, 0.3) is 0 Å². The largest absolute Gasteiger partial charge is 0.480 e. The van der Waals surface area contributed by atoms with Gasteiger partial charge in [-0.25, -0.2) is 4.79 Å². The molecule has 0 aliphatic heterocycles. The van der Waals surface area contributed by atoms with E-state index >= 15 is 0 Å². The SMILES string of the molecule is CC(C)C(NC(=O)C(Cc1c[nH]c2ccccc12)NC(=O)C(CC(N)=O)NC(=O)C(N)CCC(N)=O)C(=O)O. The molecule has 2 aromatic rings. The Morgan fingerprint density at radius 2 is 1.51 bits per heavy atom. The Balaban J connectivity index is 2.31. The third kappa shape index (κ3) is 9.10. The van der Waals surface area contributed by atoms with Gasteiger partial charge < -0.3 is 43.2 Å². The fourth-order valence-corrected chi connectivity index (χ4v) is 3.89. The minimum absolute atomic E-state index is 0.0403. The molecule has 5 amide bonds. The molecule has 14 heteroatoms. The van der Waals surface area contributed by atoms with Gasteiger partial charge in [-0.2, -0.15) is 0 Å². The smallest absolute Gasteiger partial charge is 0.326 e. The lowest BCUT2D eigenvalue weighted by Crippen LogP contribution is -2.58. The van der Waals surface area contributed by atoms with Gasteiger partial charge in [0, 0.05) is 29.9 Å². The molecule has 212 valence electrons. The van der Waals surface area contributed by atoms with Crippen molar-refractivity contribution in [3.8, 4) is 0 Å². The molecule has 4 unspecified atom stereocenters. The minimum atomic E-state index is -1.49. The lowest BCUT2D eigenvalue weighted by molar-refractivity contribution is -0.143. The number of para-hydroxylation sites is 1. The first-order valence-corrected chi connectivity index (χ1v) is 12.3. The van der Waals surface area contributed by atoms with E-state index in [4.69, 9.17) is 17.2 Å². The summed E-state index contributed by atoms with van der Waals surface area (Å²) in [5.74, 6) is -5.82. The number of nitrogens with two attached hydrogens (primary N) is 3. The van der Waals surface area contributed by atoms with Crippen molar-refractivity contribution in [3.63, 3.8) is 0 Å². The number of nitrogens with one attached hydrogen (secondary N) is 4. The molecule has 0 bridgehead atoms. The predicted octanol–water partition coefficient (Wildman–Crippen LogP) is -1.63. The highest BCUT2D eigenvalue weighted by Gasteiger charge is 2.32. The van der Waals surface area contributed by atoms with E-state index in [0.717, 1.165) is 10.9 Å². The normalized spacial score (nSPS) is 14.2. The Morgan fingerprint density at radius 3 is 2.10 bits per heavy atom. The lowest BCUT2D eigenvalue weighted by Gasteiger charge is -2.25. The number of hydrogen-bond donors (Lipinski definition) is 8. The Hall–Kier alpha value is -4.46. The fraction of sp³-hybridized carbons (Fsp3) is 0.440. The van der Waals surface area contributed by atoms with E-state index in [1.165, 1.54) is 0 Å². The Bertz CT molecular complexity index is 1230. The standard InChI is InChI=1S/C25H35N7O7/c1-12(2)21(25(38)39)32-24(37)17(9-13-11-29-16-6-4-3-5-14(13)16)31-23(36)18(10-20(28)34)30-22(35)15(26)7-8-19(27)33/h3-6,11-12,15,17-18,21,29H,7-10,26H2,1-2H3,(H2,27,33)(H2,28,34)(H,30,35)(H,31,36)(H,32,37)(H,38,39). The molecule has 2 rings (SSSR count). The number of rotatable bonds is 15. The molecule has 14 nitrogen and oxygen atoms in total. The van der Waals surface area contributed by atoms with Crippen molar-refractivity contribution in [1.82, 2.24) is 20.9 Å². The zero-order chi connectivity index (χ0) is 29.3. The number of amides is 5. The van der Waals surface area contributed by atoms with Gasteiger partial charge in [-0.15, -0.1) is 0 Å². The number of fused-ring (bicyclic) bond motifs is 1. The second-order valence-corrected chi connectivity index (χ2v) is 9.54. The highest BCUT2D eigenvalue weighted by Crippen LogP contribution is 2.19. The molecule has 0 radical (unpaired) electrons. The summed E-state index contributed by atoms with van der Waals surface area (Å²) in [6.07, 6.45) is 0.750. The summed E-state index contributed by atoms with van der Waals surface area (Å²) in [5, 5.41) is 17.6. The van der Waals surface area contributed by atoms with Gasteiger partial charge in [0.15, 0.2) is 0 Å². The van der Waals surface area contributed by atoms with Gasteiger partial charge in [-0.1, -0.05) is 32.0 Å². The van der Waals surface area contributed by atoms with Crippen LogP contribution in [0.25, 0.3) is 10.9 Å². The number of aromatic nitrogens is 1. The quantitative estimate of drug-likeness (QED) is 0.129. The summed E-state index contributed by atoms with van der Waals surface area (Å²) in [6, 6.07) is 2.05. The van der Waals surface area contributed by atoms with Crippen molar-refractivity contribution >= 4 is 46.4 Å². The number of carboxylic acid groups (broad SMARTS) is 1. The van der Waals surface area contributed by atoms with E-state index in [1.807, 2.05) is 18.2 Å². The van der Waals surface area contributed by atoms with Crippen molar-refractivity contribution < 1.29 is 33.9 Å². The van der Waals surface area contributed by atoms with Gasteiger partial charge in [0.05, 0.1) is 12.5 Å². The molecule has 0 aliphatic carbocycles. The molecule has 0 fully saturated rings. The van der Waals surface area contributed by atoms with Gasteiger partial charge >= 0.3 is 5.97 Å². The third-order valence-corrected chi connectivity index (χ3v) is 6.04. The van der Waals surface area contributed by atoms with E-state index < -0.39 is 72.0 Å². The van der Waals surface area contributed by atoms with E-state index in [0.29, 0.717) is 5.56 Å². The van der Waals surface area contributed by atoms with Crippen LogP contribution in [0.2, 0.25) is 0 Å². The number of benzene rings is 1. The number of aromatic amines is 1. The number of hydrogen-bond acceptors (Lipinski definition) is 7. The summed E-state index contributed by atoms with van der Waals surface area (Å²) in [7, 11) is 0. The molecule has 11 N–H and O–H groups in total. The van der Waals surface area contributed by atoms with Crippen LogP contribution in [0.4, 0.5) is 0 Å². The molecule has 0 saturated heterocycles. The molecule has 0 aliphatic rings. The summed E-state index contributed by atoms with van der Waals surface area (Å²) >= 11 is 0. The first-order valence-electron chi connectivity index (χ1n) is 12.3. The second kappa shape index (κ2) is 13.9. The number of carboxylic acids is 1. The Morgan fingerprint density at radius 1 is 0.897 bits per heavy atom. The van der Waals surface area contributed by atoms with Crippen molar-refractivity contribution in [3.05, 3.63) is 36.0 Å². The molecule has 1 heterocycles. The summed E-state index contributed by atoms with van der Waals surface area (Å²) < 4.78 is 0. The van der Waals surface area contributed by atoms with Crippen LogP contribution >= 0.6 is 0 Å². The van der Waals surface area contributed by atoms with E-state index in [2.05, 4.69) is 20.9 Å². The van der Waals surface area contributed by atoms with Crippen LogP contribution in [0.15, 0.2) is 30.5 Å². The van der Waals surface area contributed by atoms with Crippen molar-refractivity contribution in [1.29, 1.82) is 0 Å². The predicted molar refractivity (Wildman–Crippen MR) is 140 cm³/mol. The van der Waals surface area contributed by atoms with E-state index in [9.17, 15) is 33.9 Å². The van der Waals surface area contributed by atoms with Crippen molar-refractivity contribution in [2.75, 3.05) is 0 Å². The summed E-state index contributed by atoms with van der Waals surface area (Å²) in [5.41, 5.74) is 17.5. The molecule has 4 atom stereocenters. The van der Waals surface area contributed by atoms with Crippen LogP contribution in [0.5, 0.6) is 0 Å². The fourth-order valence-electron chi connectivity index (χ4n) is 3.89. The van der Waals surface area contributed by atoms with Gasteiger partial charge in [0.1, 0.15) is 18.1 Å². The highest BCUT2D eigenvalue weighted by atomic mass is 16.4. The number of primary amides is 2. The lowest BCUT2D eigenvalue weighted by atomic mass is 10.0. The summed E-state index contributed by atoms with van der Waals surface area (Å²) in [4.78, 5) is 76.3. The monoisotopic (exact) mass is 545 g/mol. The minimum Gasteiger partial charge on any atom is -0.480 e. The van der Waals surface area contributed by atoms with Crippen LogP contribution < -0.4 is 33.2 Å². The molecule has 0 saturated carbocycles. The topological polar surface area (TPSA) is 253 Å². The zero-order valence-electron chi connectivity index (χ0n) is 21.7. The molecule has 1 aromatic heterocycles. The van der Waals surface area contributed by atoms with Crippen LogP contribution in [0.3, 0.4) is 0 Å². The molecule has 39 heavy (non-hydrogen) atoms. The first kappa shape index (κ1) is 30.8. The van der Waals surface area contributed by atoms with E-state index in [1.54, 1.807) is 26.1 Å². The zero-order valence-corrected chi connectivity index (χ0v) is 21.7. The maximum atomic E-state index is 13.2. The summed E-state index contributed by atoms with van der Waals surface area (Å²) in [6.45, 7) is 3.23. The molecule has 0 spiro atoms. The van der Waals surface area contributed by atoms with Crippen molar-refractivity contribution in [2.45, 2.75) is 63.7 Å². The van der Waals surface area contributed by atoms with E-state index in [-0.39, 0.29) is 19.3 Å². The number of aliphatic carboxylic acids is 1. The Labute approximate surface area is 224 Å². The maximum absolute atomic E-state index is 13.2. The third-order valence-electron chi connectivity index (χ3n) is 6.04. The maximum Gasteiger partial charge on any atom is 0.326 e. The molecular weight excluding hydrogens is 510 g/mol. The van der Waals surface area contributed by atoms with Crippen LogP contribution in [0, 0.1) is 5.92 Å². The van der Waals surface area contributed by atoms with Crippen LogP contribution in [0.1, 0.15) is 38.7 Å². The Kier molecular flexibility index (Phi) is 11.0. The van der Waals surface area contributed by atoms with Crippen LogP contribution in [-0.4, -0.2) is 69.8 Å². The van der Waals surface area contributed by atoms with Gasteiger partial charge in [0.2, 0.25) is 29.5 Å². The number of carbonyl (C=O) groups is 6. The van der Waals surface area contributed by atoms with Gasteiger partial charge in [-0.3, -0.25) is 24.0 Å². The van der Waals surface area contributed by atoms with Gasteiger partial charge in [-0.05, 0) is 24.0 Å². The molecule has 1 aromatic carbocycles. The number of carbonyl (C=O) groups excluding carboxylic acids is 5.